The normalized spacial score (nSPS) is 12.4. The first-order valence-corrected chi connectivity index (χ1v) is 10.8. The van der Waals surface area contributed by atoms with Gasteiger partial charge in [0.2, 0.25) is 0 Å². The Morgan fingerprint density at radius 1 is 0.613 bits per heavy atom. The third kappa shape index (κ3) is 4.93. The standard InChI is InChI=1S/C29H29NO/c1-24(22-31-23-25-14-6-2-7-15-25)30-29(26-16-8-3-9-17-26,27-18-10-4-11-19-27)28-20-12-5-13-21-28/h2-21,24,30H,22-23H2,1H3/t24-/m1/s1. The van der Waals surface area contributed by atoms with Gasteiger partial charge in [-0.3, -0.25) is 5.32 Å². The minimum Gasteiger partial charge on any atom is -0.375 e. The van der Waals surface area contributed by atoms with Crippen molar-refractivity contribution in [1.29, 1.82) is 0 Å². The molecule has 4 aromatic carbocycles. The average molecular weight is 408 g/mol. The lowest BCUT2D eigenvalue weighted by molar-refractivity contribution is 0.0969. The minimum absolute atomic E-state index is 0.129. The molecular formula is C29H29NO. The summed E-state index contributed by atoms with van der Waals surface area (Å²) in [7, 11) is 0. The van der Waals surface area contributed by atoms with E-state index in [2.05, 4.69) is 115 Å². The summed E-state index contributed by atoms with van der Waals surface area (Å²) in [6, 6.07) is 42.5. The van der Waals surface area contributed by atoms with Crippen molar-refractivity contribution < 1.29 is 4.74 Å². The van der Waals surface area contributed by atoms with Crippen LogP contribution in [0.25, 0.3) is 0 Å². The molecule has 4 rings (SSSR count). The lowest BCUT2D eigenvalue weighted by Gasteiger charge is -2.39. The summed E-state index contributed by atoms with van der Waals surface area (Å²) in [4.78, 5) is 0. The van der Waals surface area contributed by atoms with E-state index < -0.39 is 5.54 Å². The third-order valence-electron chi connectivity index (χ3n) is 5.56. The van der Waals surface area contributed by atoms with Gasteiger partial charge in [-0.1, -0.05) is 121 Å². The molecule has 0 radical (unpaired) electrons. The van der Waals surface area contributed by atoms with Crippen molar-refractivity contribution in [3.63, 3.8) is 0 Å². The Morgan fingerprint density at radius 3 is 1.42 bits per heavy atom. The van der Waals surface area contributed by atoms with E-state index in [1.54, 1.807) is 0 Å². The summed E-state index contributed by atoms with van der Waals surface area (Å²) in [5.41, 5.74) is 4.35. The summed E-state index contributed by atoms with van der Waals surface area (Å²) in [5, 5.41) is 3.94. The van der Waals surface area contributed by atoms with Gasteiger partial charge in [0.15, 0.2) is 0 Å². The zero-order valence-corrected chi connectivity index (χ0v) is 17.9. The van der Waals surface area contributed by atoms with Crippen LogP contribution in [0.4, 0.5) is 0 Å². The Morgan fingerprint density at radius 2 is 1.00 bits per heavy atom. The second kappa shape index (κ2) is 10.2. The molecule has 0 aliphatic carbocycles. The largest absolute Gasteiger partial charge is 0.375 e. The van der Waals surface area contributed by atoms with Crippen LogP contribution in [0.2, 0.25) is 0 Å². The molecule has 0 aromatic heterocycles. The Bertz CT molecular complexity index is 936. The van der Waals surface area contributed by atoms with Gasteiger partial charge in [0.25, 0.3) is 0 Å². The molecule has 0 bridgehead atoms. The molecule has 1 atom stereocenters. The topological polar surface area (TPSA) is 21.3 Å². The maximum absolute atomic E-state index is 6.07. The van der Waals surface area contributed by atoms with Crippen LogP contribution in [0.3, 0.4) is 0 Å². The number of nitrogens with one attached hydrogen (secondary N) is 1. The van der Waals surface area contributed by atoms with Gasteiger partial charge in [0.1, 0.15) is 0 Å². The molecule has 0 heterocycles. The highest BCUT2D eigenvalue weighted by Gasteiger charge is 2.37. The molecule has 0 fully saturated rings. The maximum atomic E-state index is 6.07. The van der Waals surface area contributed by atoms with Crippen LogP contribution in [0, 0.1) is 0 Å². The van der Waals surface area contributed by atoms with Gasteiger partial charge in [-0.15, -0.1) is 0 Å². The molecular weight excluding hydrogens is 378 g/mol. The van der Waals surface area contributed by atoms with Gasteiger partial charge < -0.3 is 4.74 Å². The predicted molar refractivity (Wildman–Crippen MR) is 128 cm³/mol. The van der Waals surface area contributed by atoms with E-state index in [9.17, 15) is 0 Å². The molecule has 1 N–H and O–H groups in total. The van der Waals surface area contributed by atoms with E-state index in [-0.39, 0.29) is 6.04 Å². The van der Waals surface area contributed by atoms with Gasteiger partial charge >= 0.3 is 0 Å². The van der Waals surface area contributed by atoms with Gasteiger partial charge in [-0.2, -0.15) is 0 Å². The average Bonchev–Trinajstić information content (AvgIpc) is 2.85. The van der Waals surface area contributed by atoms with Crippen LogP contribution < -0.4 is 5.32 Å². The summed E-state index contributed by atoms with van der Waals surface area (Å²) in [5.74, 6) is 0. The van der Waals surface area contributed by atoms with E-state index in [0.717, 1.165) is 0 Å². The first-order valence-electron chi connectivity index (χ1n) is 10.8. The van der Waals surface area contributed by atoms with E-state index in [4.69, 9.17) is 4.74 Å². The summed E-state index contributed by atoms with van der Waals surface area (Å²) >= 11 is 0. The molecule has 156 valence electrons. The van der Waals surface area contributed by atoms with E-state index in [0.29, 0.717) is 13.2 Å². The zero-order chi connectivity index (χ0) is 21.4. The fourth-order valence-corrected chi connectivity index (χ4v) is 4.15. The van der Waals surface area contributed by atoms with E-state index in [1.807, 2.05) is 18.2 Å². The van der Waals surface area contributed by atoms with Crippen LogP contribution in [-0.2, 0) is 16.9 Å². The van der Waals surface area contributed by atoms with Crippen LogP contribution in [0.5, 0.6) is 0 Å². The molecule has 0 aliphatic heterocycles. The quantitative estimate of drug-likeness (QED) is 0.335. The molecule has 2 heteroatoms. The van der Waals surface area contributed by atoms with Crippen molar-refractivity contribution in [2.45, 2.75) is 25.1 Å². The highest BCUT2D eigenvalue weighted by Crippen LogP contribution is 2.37. The Labute approximate surface area is 185 Å². The molecule has 0 spiro atoms. The molecule has 31 heavy (non-hydrogen) atoms. The highest BCUT2D eigenvalue weighted by atomic mass is 16.5. The van der Waals surface area contributed by atoms with Crippen LogP contribution in [0.1, 0.15) is 29.2 Å². The van der Waals surface area contributed by atoms with Crippen molar-refractivity contribution in [1.82, 2.24) is 5.32 Å². The minimum atomic E-state index is -0.473. The molecule has 0 unspecified atom stereocenters. The van der Waals surface area contributed by atoms with Crippen LogP contribution in [-0.4, -0.2) is 12.6 Å². The number of ether oxygens (including phenoxy) is 1. The SMILES string of the molecule is C[C@H](COCc1ccccc1)NC(c1ccccc1)(c1ccccc1)c1ccccc1. The molecule has 0 aliphatic rings. The van der Waals surface area contributed by atoms with E-state index in [1.165, 1.54) is 22.3 Å². The molecule has 0 saturated carbocycles. The second-order valence-corrected chi connectivity index (χ2v) is 7.89. The van der Waals surface area contributed by atoms with Crippen molar-refractivity contribution in [3.8, 4) is 0 Å². The van der Waals surface area contributed by atoms with Gasteiger partial charge in [0.05, 0.1) is 18.8 Å². The predicted octanol–water partition coefficient (Wildman–Crippen LogP) is 6.17. The maximum Gasteiger partial charge on any atom is 0.0950 e. The summed E-state index contributed by atoms with van der Waals surface area (Å²) < 4.78 is 6.07. The van der Waals surface area contributed by atoms with Gasteiger partial charge in [0, 0.05) is 6.04 Å². The van der Waals surface area contributed by atoms with E-state index >= 15 is 0 Å². The second-order valence-electron chi connectivity index (χ2n) is 7.89. The van der Waals surface area contributed by atoms with Crippen molar-refractivity contribution in [2.75, 3.05) is 6.61 Å². The zero-order valence-electron chi connectivity index (χ0n) is 17.9. The van der Waals surface area contributed by atoms with Crippen molar-refractivity contribution in [2.24, 2.45) is 0 Å². The summed E-state index contributed by atoms with van der Waals surface area (Å²) in [6.07, 6.45) is 0. The fraction of sp³-hybridized carbons (Fsp3) is 0.172. The Hall–Kier alpha value is -3.20. The monoisotopic (exact) mass is 407 g/mol. The molecule has 2 nitrogen and oxygen atoms in total. The molecule has 0 amide bonds. The Kier molecular flexibility index (Phi) is 6.93. The fourth-order valence-electron chi connectivity index (χ4n) is 4.15. The number of benzene rings is 4. The first kappa shape index (κ1) is 21.0. The van der Waals surface area contributed by atoms with Crippen LogP contribution in [0.15, 0.2) is 121 Å². The molecule has 4 aromatic rings. The van der Waals surface area contributed by atoms with Gasteiger partial charge in [-0.05, 0) is 29.2 Å². The number of hydrogen-bond donors (Lipinski definition) is 1. The number of hydrogen-bond acceptors (Lipinski definition) is 2. The highest BCUT2D eigenvalue weighted by molar-refractivity contribution is 5.49. The lowest BCUT2D eigenvalue weighted by atomic mass is 9.76. The molecule has 0 saturated heterocycles. The van der Waals surface area contributed by atoms with Crippen LogP contribution >= 0.6 is 0 Å². The van der Waals surface area contributed by atoms with Crippen molar-refractivity contribution in [3.05, 3.63) is 144 Å². The first-order chi connectivity index (χ1) is 15.3. The van der Waals surface area contributed by atoms with Gasteiger partial charge in [-0.25, -0.2) is 0 Å². The van der Waals surface area contributed by atoms with Crippen molar-refractivity contribution >= 4 is 0 Å². The Balaban J connectivity index is 1.66. The smallest absolute Gasteiger partial charge is 0.0950 e. The lowest BCUT2D eigenvalue weighted by Crippen LogP contribution is -2.50. The number of rotatable bonds is 9. The third-order valence-corrected chi connectivity index (χ3v) is 5.56. The summed E-state index contributed by atoms with van der Waals surface area (Å²) in [6.45, 7) is 3.42.